The molecule has 3 rings (SSSR count). The second kappa shape index (κ2) is 4.51. The highest BCUT2D eigenvalue weighted by atomic mass is 35.5. The number of benzene rings is 1. The van der Waals surface area contributed by atoms with Crippen molar-refractivity contribution in [2.75, 3.05) is 0 Å². The van der Waals surface area contributed by atoms with E-state index in [9.17, 15) is 0 Å². The fraction of sp³-hybridized carbons (Fsp3) is 0.143. The fourth-order valence-electron chi connectivity index (χ4n) is 2.23. The van der Waals surface area contributed by atoms with Crippen LogP contribution in [0.2, 0.25) is 10.0 Å². The van der Waals surface area contributed by atoms with Gasteiger partial charge in [0, 0.05) is 11.8 Å². The van der Waals surface area contributed by atoms with E-state index in [0.29, 0.717) is 15.7 Å². The lowest BCUT2D eigenvalue weighted by atomic mass is 10.2. The van der Waals surface area contributed by atoms with Crippen LogP contribution >= 0.6 is 23.2 Å². The van der Waals surface area contributed by atoms with Gasteiger partial charge in [-0.25, -0.2) is 9.25 Å². The molecule has 0 aliphatic carbocycles. The number of aryl methyl sites for hydroxylation is 2. The normalized spacial score (nSPS) is 11.2. The average molecular weight is 293 g/mol. The van der Waals surface area contributed by atoms with Crippen molar-refractivity contribution in [2.24, 2.45) is 7.05 Å². The molecular formula is C14H12Cl2N3+. The first kappa shape index (κ1) is 12.5. The van der Waals surface area contributed by atoms with Gasteiger partial charge in [-0.3, -0.25) is 0 Å². The van der Waals surface area contributed by atoms with Gasteiger partial charge in [-0.05, 0) is 19.1 Å². The number of nitrogens with zero attached hydrogens (tertiary/aromatic N) is 3. The first-order valence-corrected chi connectivity index (χ1v) is 6.61. The average Bonchev–Trinajstić information content (AvgIpc) is 2.72. The van der Waals surface area contributed by atoms with Gasteiger partial charge in [-0.2, -0.15) is 5.10 Å². The van der Waals surface area contributed by atoms with Gasteiger partial charge in [0.1, 0.15) is 18.3 Å². The minimum Gasteiger partial charge on any atom is -0.236 e. The molecule has 0 aliphatic rings. The number of halogens is 2. The van der Waals surface area contributed by atoms with E-state index < -0.39 is 0 Å². The van der Waals surface area contributed by atoms with E-state index in [1.165, 1.54) is 0 Å². The molecule has 0 unspecified atom stereocenters. The monoisotopic (exact) mass is 292 g/mol. The van der Waals surface area contributed by atoms with Crippen LogP contribution in [0.5, 0.6) is 0 Å². The highest BCUT2D eigenvalue weighted by Crippen LogP contribution is 2.29. The highest BCUT2D eigenvalue weighted by molar-refractivity contribution is 6.37. The van der Waals surface area contributed by atoms with E-state index in [1.54, 1.807) is 4.68 Å². The molecule has 0 bridgehead atoms. The lowest BCUT2D eigenvalue weighted by Crippen LogP contribution is -2.26. The number of hydrogen-bond acceptors (Lipinski definition) is 1. The lowest BCUT2D eigenvalue weighted by Gasteiger charge is -2.05. The summed E-state index contributed by atoms with van der Waals surface area (Å²) >= 11 is 12.4. The summed E-state index contributed by atoms with van der Waals surface area (Å²) in [7, 11) is 1.99. The van der Waals surface area contributed by atoms with E-state index in [-0.39, 0.29) is 0 Å². The molecule has 3 nitrogen and oxygen atoms in total. The van der Waals surface area contributed by atoms with E-state index >= 15 is 0 Å². The fourth-order valence-corrected chi connectivity index (χ4v) is 2.80. The molecule has 0 fully saturated rings. The van der Waals surface area contributed by atoms with Gasteiger partial charge < -0.3 is 0 Å². The van der Waals surface area contributed by atoms with Crippen LogP contribution in [-0.2, 0) is 7.05 Å². The first-order chi connectivity index (χ1) is 9.06. The SMILES string of the molecule is Cc1c[n+](C)cc2cn(-c3c(Cl)cccc3Cl)nc12. The van der Waals surface area contributed by atoms with Crippen molar-refractivity contribution < 1.29 is 4.57 Å². The Balaban J connectivity index is 2.30. The van der Waals surface area contributed by atoms with Crippen molar-refractivity contribution in [1.82, 2.24) is 9.78 Å². The summed E-state index contributed by atoms with van der Waals surface area (Å²) < 4.78 is 3.75. The minimum atomic E-state index is 0.585. The third-order valence-corrected chi connectivity index (χ3v) is 3.63. The standard InChI is InChI=1S/C14H12Cl2N3/c1-9-6-18(2)7-10-8-19(17-13(9)10)14-11(15)4-3-5-12(14)16/h3-8H,1-2H3/q+1. The molecule has 0 aliphatic heterocycles. The van der Waals surface area contributed by atoms with Crippen LogP contribution in [0.4, 0.5) is 0 Å². The minimum absolute atomic E-state index is 0.585. The Bertz CT molecular complexity index is 757. The van der Waals surface area contributed by atoms with Crippen LogP contribution < -0.4 is 4.57 Å². The van der Waals surface area contributed by atoms with Gasteiger partial charge in [0.15, 0.2) is 12.4 Å². The summed E-state index contributed by atoms with van der Waals surface area (Å²) in [5, 5.41) is 6.80. The predicted molar refractivity (Wildman–Crippen MR) is 77.0 cm³/mol. The van der Waals surface area contributed by atoms with E-state index in [2.05, 4.69) is 5.10 Å². The van der Waals surface area contributed by atoms with Crippen LogP contribution in [0, 0.1) is 6.92 Å². The van der Waals surface area contributed by atoms with Crippen molar-refractivity contribution in [1.29, 1.82) is 0 Å². The summed E-state index contributed by atoms with van der Waals surface area (Å²) in [6, 6.07) is 5.44. The third-order valence-electron chi connectivity index (χ3n) is 3.02. The summed E-state index contributed by atoms with van der Waals surface area (Å²) in [4.78, 5) is 0. The number of fused-ring (bicyclic) bond motifs is 1. The summed E-state index contributed by atoms with van der Waals surface area (Å²) in [5.41, 5.74) is 2.78. The molecule has 2 heterocycles. The number of aromatic nitrogens is 3. The Morgan fingerprint density at radius 2 is 1.84 bits per heavy atom. The van der Waals surface area contributed by atoms with E-state index in [1.807, 2.05) is 55.3 Å². The Kier molecular flexibility index (Phi) is 2.96. The molecule has 19 heavy (non-hydrogen) atoms. The smallest absolute Gasteiger partial charge is 0.179 e. The molecular weight excluding hydrogens is 281 g/mol. The molecule has 0 saturated carbocycles. The second-order valence-electron chi connectivity index (χ2n) is 4.55. The predicted octanol–water partition coefficient (Wildman–Crippen LogP) is 3.47. The molecule has 1 aromatic carbocycles. The van der Waals surface area contributed by atoms with Gasteiger partial charge in [-0.15, -0.1) is 0 Å². The van der Waals surface area contributed by atoms with Gasteiger partial charge in [0.25, 0.3) is 0 Å². The molecule has 0 spiro atoms. The lowest BCUT2D eigenvalue weighted by molar-refractivity contribution is -0.670. The largest absolute Gasteiger partial charge is 0.236 e. The van der Waals surface area contributed by atoms with Crippen LogP contribution in [0.1, 0.15) is 5.56 Å². The van der Waals surface area contributed by atoms with Gasteiger partial charge >= 0.3 is 0 Å². The van der Waals surface area contributed by atoms with Crippen LogP contribution in [0.25, 0.3) is 16.6 Å². The summed E-state index contributed by atoms with van der Waals surface area (Å²) in [6.45, 7) is 2.04. The molecule has 0 N–H and O–H groups in total. The summed E-state index contributed by atoms with van der Waals surface area (Å²) in [5.74, 6) is 0. The molecule has 0 radical (unpaired) electrons. The van der Waals surface area contributed by atoms with Crippen molar-refractivity contribution in [2.45, 2.75) is 6.92 Å². The Morgan fingerprint density at radius 1 is 1.16 bits per heavy atom. The van der Waals surface area contributed by atoms with Crippen LogP contribution in [0.3, 0.4) is 0 Å². The maximum Gasteiger partial charge on any atom is 0.179 e. The Hall–Kier alpha value is -1.58. The zero-order valence-corrected chi connectivity index (χ0v) is 12.1. The molecule has 0 amide bonds. The highest BCUT2D eigenvalue weighted by Gasteiger charge is 2.13. The van der Waals surface area contributed by atoms with Crippen LogP contribution in [0.15, 0.2) is 36.8 Å². The van der Waals surface area contributed by atoms with Crippen molar-refractivity contribution >= 4 is 34.1 Å². The Labute approximate surface area is 121 Å². The molecule has 5 heteroatoms. The van der Waals surface area contributed by atoms with Crippen molar-refractivity contribution in [3.63, 3.8) is 0 Å². The topological polar surface area (TPSA) is 21.7 Å². The second-order valence-corrected chi connectivity index (χ2v) is 5.37. The molecule has 3 aromatic rings. The third kappa shape index (κ3) is 2.09. The molecule has 0 atom stereocenters. The van der Waals surface area contributed by atoms with Gasteiger partial charge in [-0.1, -0.05) is 29.3 Å². The Morgan fingerprint density at radius 3 is 2.53 bits per heavy atom. The van der Waals surface area contributed by atoms with E-state index in [4.69, 9.17) is 23.2 Å². The first-order valence-electron chi connectivity index (χ1n) is 5.86. The van der Waals surface area contributed by atoms with E-state index in [0.717, 1.165) is 16.5 Å². The zero-order chi connectivity index (χ0) is 13.6. The van der Waals surface area contributed by atoms with Gasteiger partial charge in [0.05, 0.1) is 15.4 Å². The molecule has 96 valence electrons. The van der Waals surface area contributed by atoms with Crippen LogP contribution in [-0.4, -0.2) is 9.78 Å². The number of para-hydroxylation sites is 1. The maximum atomic E-state index is 6.21. The maximum absolute atomic E-state index is 6.21. The van der Waals surface area contributed by atoms with Crippen molar-refractivity contribution in [3.05, 3.63) is 52.4 Å². The van der Waals surface area contributed by atoms with Crippen molar-refractivity contribution in [3.8, 4) is 5.69 Å². The summed E-state index contributed by atoms with van der Waals surface area (Å²) in [6.07, 6.45) is 6.00. The molecule has 0 saturated heterocycles. The quantitative estimate of drug-likeness (QED) is 0.630. The number of rotatable bonds is 1. The number of pyridine rings is 1. The molecule has 2 aromatic heterocycles. The zero-order valence-electron chi connectivity index (χ0n) is 10.6. The van der Waals surface area contributed by atoms with Gasteiger partial charge in [0.2, 0.25) is 0 Å². The number of hydrogen-bond donors (Lipinski definition) is 0.